The highest BCUT2D eigenvalue weighted by atomic mass is 19.3. The van der Waals surface area contributed by atoms with Gasteiger partial charge in [0.15, 0.2) is 0 Å². The number of carbonyl (C=O) groups is 2. The zero-order valence-electron chi connectivity index (χ0n) is 16.7. The number of carbonyl (C=O) groups excluding carboxylic acids is 2. The maximum atomic E-state index is 12.9. The van der Waals surface area contributed by atoms with Crippen LogP contribution in [0.25, 0.3) is 0 Å². The lowest BCUT2D eigenvalue weighted by molar-refractivity contribution is -0.385. The van der Waals surface area contributed by atoms with Crippen LogP contribution < -0.4 is 10.1 Å². The van der Waals surface area contributed by atoms with Crippen molar-refractivity contribution < 1.29 is 28.0 Å². The summed E-state index contributed by atoms with van der Waals surface area (Å²) in [6.07, 6.45) is 1.17. The molecule has 2 amide bonds. The zero-order chi connectivity index (χ0) is 22.5. The molecule has 0 aliphatic carbocycles. The minimum atomic E-state index is -2.91. The summed E-state index contributed by atoms with van der Waals surface area (Å²) in [6, 6.07) is 9.39. The molecule has 1 saturated heterocycles. The zero-order valence-corrected chi connectivity index (χ0v) is 16.7. The maximum absolute atomic E-state index is 12.9. The molecule has 10 heteroatoms. The van der Waals surface area contributed by atoms with Gasteiger partial charge in [-0.1, -0.05) is 12.1 Å². The first-order valence-corrected chi connectivity index (χ1v) is 9.63. The Labute approximate surface area is 176 Å². The topological polar surface area (TPSA) is 102 Å². The first kappa shape index (κ1) is 22.1. The van der Waals surface area contributed by atoms with Crippen molar-refractivity contribution in [3.63, 3.8) is 0 Å². The molecule has 31 heavy (non-hydrogen) atoms. The summed E-state index contributed by atoms with van der Waals surface area (Å²) in [7, 11) is 0. The number of halogens is 2. The molecular weight excluding hydrogens is 412 g/mol. The van der Waals surface area contributed by atoms with E-state index >= 15 is 0 Å². The molecule has 3 rings (SSSR count). The number of ether oxygens (including phenoxy) is 1. The van der Waals surface area contributed by atoms with Gasteiger partial charge in [0.25, 0.3) is 11.6 Å². The molecular formula is C21H21F2N3O5. The highest BCUT2D eigenvalue weighted by Crippen LogP contribution is 2.24. The van der Waals surface area contributed by atoms with Crippen LogP contribution >= 0.6 is 0 Å². The summed E-state index contributed by atoms with van der Waals surface area (Å²) in [5.41, 5.74) is 1.28. The third kappa shape index (κ3) is 5.33. The molecule has 8 nitrogen and oxygen atoms in total. The molecule has 1 aliphatic rings. The summed E-state index contributed by atoms with van der Waals surface area (Å²) in [5, 5.41) is 13.7. The van der Waals surface area contributed by atoms with Gasteiger partial charge in [0.2, 0.25) is 5.91 Å². The van der Waals surface area contributed by atoms with Crippen LogP contribution in [0, 0.1) is 17.0 Å². The summed E-state index contributed by atoms with van der Waals surface area (Å²) in [6.45, 7) is -0.771. The Balaban J connectivity index is 1.63. The van der Waals surface area contributed by atoms with E-state index in [4.69, 9.17) is 0 Å². The van der Waals surface area contributed by atoms with Crippen molar-refractivity contribution in [2.75, 3.05) is 6.54 Å². The van der Waals surface area contributed by atoms with Crippen molar-refractivity contribution in [1.82, 2.24) is 10.2 Å². The van der Waals surface area contributed by atoms with E-state index in [9.17, 15) is 28.5 Å². The Hall–Kier alpha value is -3.56. The summed E-state index contributed by atoms with van der Waals surface area (Å²) in [5.74, 6) is -0.655. The summed E-state index contributed by atoms with van der Waals surface area (Å²) >= 11 is 0. The molecule has 0 spiro atoms. The Morgan fingerprint density at radius 1 is 1.26 bits per heavy atom. The van der Waals surface area contributed by atoms with Gasteiger partial charge in [0, 0.05) is 30.3 Å². The molecule has 0 radical (unpaired) electrons. The predicted molar refractivity (Wildman–Crippen MR) is 107 cm³/mol. The number of nitrogens with zero attached hydrogens (tertiary/aromatic N) is 2. The molecule has 1 fully saturated rings. The van der Waals surface area contributed by atoms with Crippen molar-refractivity contribution in [2.45, 2.75) is 39.0 Å². The first-order valence-electron chi connectivity index (χ1n) is 9.63. The smallest absolute Gasteiger partial charge is 0.387 e. The Bertz CT molecular complexity index is 981. The highest BCUT2D eigenvalue weighted by molar-refractivity contribution is 5.98. The second-order valence-electron chi connectivity index (χ2n) is 7.16. The fraction of sp³-hybridized carbons (Fsp3) is 0.333. The van der Waals surface area contributed by atoms with Crippen LogP contribution in [0.15, 0.2) is 42.5 Å². The number of amides is 2. The SMILES string of the molecule is Cc1cc(C(=O)N2CCCC2C(=O)NCc2ccc(OC(F)F)cc2)ccc1[N+](=O)[O-]. The molecule has 0 aromatic heterocycles. The molecule has 2 aromatic carbocycles. The van der Waals surface area contributed by atoms with Gasteiger partial charge in [0.05, 0.1) is 4.92 Å². The molecule has 1 unspecified atom stereocenters. The van der Waals surface area contributed by atoms with E-state index in [-0.39, 0.29) is 35.4 Å². The third-order valence-electron chi connectivity index (χ3n) is 5.07. The van der Waals surface area contributed by atoms with E-state index in [2.05, 4.69) is 10.1 Å². The molecule has 164 valence electrons. The number of alkyl halides is 2. The van der Waals surface area contributed by atoms with Crippen LogP contribution in [-0.2, 0) is 11.3 Å². The van der Waals surface area contributed by atoms with Gasteiger partial charge in [-0.05, 0) is 49.6 Å². The standard InChI is InChI=1S/C21H21F2N3O5/c1-13-11-15(6-9-17(13)26(29)30)20(28)25-10-2-3-18(25)19(27)24-12-14-4-7-16(8-5-14)31-21(22)23/h4-9,11,18,21H,2-3,10,12H2,1H3,(H,24,27). The molecule has 1 heterocycles. The van der Waals surface area contributed by atoms with Crippen LogP contribution in [0.2, 0.25) is 0 Å². The third-order valence-corrected chi connectivity index (χ3v) is 5.07. The number of nitro groups is 1. The Kier molecular flexibility index (Phi) is 6.78. The first-order chi connectivity index (χ1) is 14.8. The molecule has 1 aliphatic heterocycles. The fourth-order valence-electron chi connectivity index (χ4n) is 3.54. The van der Waals surface area contributed by atoms with Gasteiger partial charge in [-0.15, -0.1) is 0 Å². The van der Waals surface area contributed by atoms with Crippen molar-refractivity contribution in [2.24, 2.45) is 0 Å². The second kappa shape index (κ2) is 9.50. The minimum Gasteiger partial charge on any atom is -0.435 e. The predicted octanol–water partition coefficient (Wildman–Crippen LogP) is 3.43. The molecule has 0 saturated carbocycles. The van der Waals surface area contributed by atoms with Crippen molar-refractivity contribution >= 4 is 17.5 Å². The second-order valence-corrected chi connectivity index (χ2v) is 7.16. The largest absolute Gasteiger partial charge is 0.435 e. The number of nitrogens with one attached hydrogen (secondary N) is 1. The minimum absolute atomic E-state index is 0.0241. The van der Waals surface area contributed by atoms with E-state index in [0.717, 1.165) is 0 Å². The van der Waals surface area contributed by atoms with E-state index in [1.807, 2.05) is 0 Å². The van der Waals surface area contributed by atoms with Crippen LogP contribution in [0.1, 0.15) is 34.3 Å². The van der Waals surface area contributed by atoms with E-state index in [1.165, 1.54) is 35.2 Å². The number of likely N-dealkylation sites (tertiary alicyclic amines) is 1. The number of nitro benzene ring substituents is 1. The lowest BCUT2D eigenvalue weighted by Gasteiger charge is -2.24. The lowest BCUT2D eigenvalue weighted by Crippen LogP contribution is -2.45. The van der Waals surface area contributed by atoms with Crippen LogP contribution in [0.5, 0.6) is 5.75 Å². The van der Waals surface area contributed by atoms with Gasteiger partial charge in [-0.3, -0.25) is 19.7 Å². The quantitative estimate of drug-likeness (QED) is 0.533. The lowest BCUT2D eigenvalue weighted by atomic mass is 10.1. The van der Waals surface area contributed by atoms with E-state index in [0.29, 0.717) is 30.5 Å². The van der Waals surface area contributed by atoms with Crippen LogP contribution in [0.4, 0.5) is 14.5 Å². The monoisotopic (exact) mass is 433 g/mol. The van der Waals surface area contributed by atoms with E-state index < -0.39 is 17.6 Å². The average molecular weight is 433 g/mol. The van der Waals surface area contributed by atoms with Crippen molar-refractivity contribution in [1.29, 1.82) is 0 Å². The number of benzene rings is 2. The molecule has 0 bridgehead atoms. The molecule has 1 atom stereocenters. The summed E-state index contributed by atoms with van der Waals surface area (Å²) in [4.78, 5) is 37.5. The fourth-order valence-corrected chi connectivity index (χ4v) is 3.54. The molecule has 2 aromatic rings. The maximum Gasteiger partial charge on any atom is 0.387 e. The van der Waals surface area contributed by atoms with Gasteiger partial charge in [-0.2, -0.15) is 8.78 Å². The summed E-state index contributed by atoms with van der Waals surface area (Å²) < 4.78 is 28.7. The normalized spacial score (nSPS) is 15.7. The average Bonchev–Trinajstić information content (AvgIpc) is 3.21. The number of hydrogen-bond donors (Lipinski definition) is 1. The van der Waals surface area contributed by atoms with Crippen molar-refractivity contribution in [3.8, 4) is 5.75 Å². The highest BCUT2D eigenvalue weighted by Gasteiger charge is 2.34. The van der Waals surface area contributed by atoms with Crippen LogP contribution in [-0.4, -0.2) is 40.8 Å². The number of rotatable bonds is 7. The number of aryl methyl sites for hydroxylation is 1. The van der Waals surface area contributed by atoms with Gasteiger partial charge < -0.3 is 15.0 Å². The Morgan fingerprint density at radius 2 is 1.97 bits per heavy atom. The van der Waals surface area contributed by atoms with Gasteiger partial charge in [-0.25, -0.2) is 0 Å². The van der Waals surface area contributed by atoms with Gasteiger partial charge >= 0.3 is 6.61 Å². The Morgan fingerprint density at radius 3 is 2.58 bits per heavy atom. The van der Waals surface area contributed by atoms with Crippen molar-refractivity contribution in [3.05, 3.63) is 69.3 Å². The van der Waals surface area contributed by atoms with E-state index in [1.54, 1.807) is 19.1 Å². The number of hydrogen-bond acceptors (Lipinski definition) is 5. The molecule has 1 N–H and O–H groups in total. The van der Waals surface area contributed by atoms with Gasteiger partial charge in [0.1, 0.15) is 11.8 Å². The van der Waals surface area contributed by atoms with Crippen LogP contribution in [0.3, 0.4) is 0 Å².